The number of hydrogen-bond acceptors (Lipinski definition) is 1. The Kier molecular flexibility index (Phi) is 2.21. The number of rotatable bonds is 2. The lowest BCUT2D eigenvalue weighted by molar-refractivity contribution is -0.693. The number of carboxylic acid groups (broad SMARTS) is 1. The highest BCUT2D eigenvalue weighted by atomic mass is 16.4. The zero-order valence-corrected chi connectivity index (χ0v) is 6.32. The van der Waals surface area contributed by atoms with Crippen molar-refractivity contribution in [1.82, 2.24) is 0 Å². The maximum atomic E-state index is 10.4. The van der Waals surface area contributed by atoms with E-state index >= 15 is 0 Å². The van der Waals surface area contributed by atoms with Crippen LogP contribution < -0.4 is 4.57 Å². The van der Waals surface area contributed by atoms with Crippen LogP contribution in [0.1, 0.15) is 17.3 Å². The smallest absolute Gasteiger partial charge is 0.336 e. The van der Waals surface area contributed by atoms with Crippen molar-refractivity contribution in [2.75, 3.05) is 0 Å². The van der Waals surface area contributed by atoms with Gasteiger partial charge in [0, 0.05) is 12.1 Å². The Morgan fingerprint density at radius 2 is 2.09 bits per heavy atom. The van der Waals surface area contributed by atoms with Crippen LogP contribution in [0.25, 0.3) is 0 Å². The van der Waals surface area contributed by atoms with Gasteiger partial charge in [-0.25, -0.2) is 9.36 Å². The fraction of sp³-hybridized carbons (Fsp3) is 0.250. The van der Waals surface area contributed by atoms with Gasteiger partial charge in [0.25, 0.3) is 0 Å². The standard InChI is InChI=1S/C8H9NO2/c1-2-9-5-3-7(4-6-9)8(10)11/h3-6H,2H2,1H3/p+1. The van der Waals surface area contributed by atoms with Crippen molar-refractivity contribution < 1.29 is 14.5 Å². The molecule has 0 amide bonds. The first-order chi connectivity index (χ1) is 5.24. The number of carboxylic acids is 1. The first kappa shape index (κ1) is 7.72. The minimum absolute atomic E-state index is 0.328. The van der Waals surface area contributed by atoms with E-state index in [1.165, 1.54) is 0 Å². The van der Waals surface area contributed by atoms with Gasteiger partial charge in [-0.15, -0.1) is 0 Å². The molecule has 0 bridgehead atoms. The fourth-order valence-corrected chi connectivity index (χ4v) is 0.811. The van der Waals surface area contributed by atoms with Crippen LogP contribution in [0.15, 0.2) is 24.5 Å². The van der Waals surface area contributed by atoms with Gasteiger partial charge in [-0.3, -0.25) is 0 Å². The van der Waals surface area contributed by atoms with Gasteiger partial charge in [0.15, 0.2) is 12.4 Å². The normalized spacial score (nSPS) is 9.55. The Hall–Kier alpha value is -1.38. The molecule has 3 nitrogen and oxygen atoms in total. The van der Waals surface area contributed by atoms with Crippen LogP contribution in [0, 0.1) is 0 Å². The molecular formula is C8H10NO2+. The highest BCUT2D eigenvalue weighted by Crippen LogP contribution is 1.93. The largest absolute Gasteiger partial charge is 0.478 e. The van der Waals surface area contributed by atoms with E-state index in [-0.39, 0.29) is 0 Å². The number of aryl methyl sites for hydroxylation is 1. The van der Waals surface area contributed by atoms with E-state index < -0.39 is 5.97 Å². The average molecular weight is 152 g/mol. The zero-order chi connectivity index (χ0) is 8.27. The number of hydrogen-bond donors (Lipinski definition) is 1. The molecule has 11 heavy (non-hydrogen) atoms. The van der Waals surface area contributed by atoms with Gasteiger partial charge >= 0.3 is 5.97 Å². The van der Waals surface area contributed by atoms with Crippen molar-refractivity contribution in [3.63, 3.8) is 0 Å². The maximum Gasteiger partial charge on any atom is 0.336 e. The third kappa shape index (κ3) is 1.77. The Morgan fingerprint density at radius 1 is 1.55 bits per heavy atom. The lowest BCUT2D eigenvalue weighted by atomic mass is 10.3. The van der Waals surface area contributed by atoms with Gasteiger partial charge in [0.2, 0.25) is 0 Å². The fourth-order valence-electron chi connectivity index (χ4n) is 0.811. The second-order valence-corrected chi connectivity index (χ2v) is 2.22. The van der Waals surface area contributed by atoms with E-state index in [0.717, 1.165) is 6.54 Å². The summed E-state index contributed by atoms with van der Waals surface area (Å²) in [6.07, 6.45) is 3.51. The average Bonchev–Trinajstić information content (AvgIpc) is 2.05. The van der Waals surface area contributed by atoms with Crippen molar-refractivity contribution in [1.29, 1.82) is 0 Å². The minimum Gasteiger partial charge on any atom is -0.478 e. The molecule has 1 aromatic rings. The van der Waals surface area contributed by atoms with E-state index in [0.29, 0.717) is 5.56 Å². The molecule has 1 heterocycles. The molecule has 3 heteroatoms. The van der Waals surface area contributed by atoms with Crippen molar-refractivity contribution in [2.45, 2.75) is 13.5 Å². The molecule has 0 aromatic carbocycles. The first-order valence-electron chi connectivity index (χ1n) is 3.46. The molecule has 0 aliphatic rings. The molecular weight excluding hydrogens is 142 g/mol. The summed E-state index contributed by atoms with van der Waals surface area (Å²) in [4.78, 5) is 10.4. The highest BCUT2D eigenvalue weighted by molar-refractivity contribution is 5.87. The summed E-state index contributed by atoms with van der Waals surface area (Å²) in [5, 5.41) is 8.54. The topological polar surface area (TPSA) is 41.2 Å². The lowest BCUT2D eigenvalue weighted by Gasteiger charge is -1.91. The Balaban J connectivity index is 2.91. The Labute approximate surface area is 64.9 Å². The molecule has 1 aromatic heterocycles. The third-order valence-electron chi connectivity index (χ3n) is 1.50. The lowest BCUT2D eigenvalue weighted by Crippen LogP contribution is -2.31. The summed E-state index contributed by atoms with van der Waals surface area (Å²) in [7, 11) is 0. The number of pyridine rings is 1. The summed E-state index contributed by atoms with van der Waals surface area (Å²) in [6.45, 7) is 2.86. The van der Waals surface area contributed by atoms with Crippen LogP contribution in [0.5, 0.6) is 0 Å². The minimum atomic E-state index is -0.881. The highest BCUT2D eigenvalue weighted by Gasteiger charge is 2.03. The molecule has 0 atom stereocenters. The van der Waals surface area contributed by atoms with Crippen molar-refractivity contribution in [2.24, 2.45) is 0 Å². The molecule has 0 aliphatic heterocycles. The second kappa shape index (κ2) is 3.14. The second-order valence-electron chi connectivity index (χ2n) is 2.22. The van der Waals surface area contributed by atoms with Crippen LogP contribution in [0.3, 0.4) is 0 Å². The molecule has 0 fully saturated rings. The van der Waals surface area contributed by atoms with Gasteiger partial charge in [0.1, 0.15) is 6.54 Å². The quantitative estimate of drug-likeness (QED) is 0.633. The van der Waals surface area contributed by atoms with Gasteiger partial charge in [-0.1, -0.05) is 0 Å². The van der Waals surface area contributed by atoms with Crippen LogP contribution in [-0.2, 0) is 6.54 Å². The summed E-state index contributed by atoms with van der Waals surface area (Å²) in [5.41, 5.74) is 0.328. The molecule has 0 radical (unpaired) electrons. The number of aromatic nitrogens is 1. The van der Waals surface area contributed by atoms with E-state index in [1.54, 1.807) is 24.5 Å². The molecule has 1 N–H and O–H groups in total. The van der Waals surface area contributed by atoms with Gasteiger partial charge in [-0.05, 0) is 6.92 Å². The summed E-state index contributed by atoms with van der Waals surface area (Å²) in [6, 6.07) is 3.18. The summed E-state index contributed by atoms with van der Waals surface area (Å²) < 4.78 is 1.91. The molecule has 1 rings (SSSR count). The molecule has 0 saturated carbocycles. The van der Waals surface area contributed by atoms with Crippen LogP contribution in [-0.4, -0.2) is 11.1 Å². The van der Waals surface area contributed by atoms with E-state index in [4.69, 9.17) is 5.11 Å². The van der Waals surface area contributed by atoms with Crippen LogP contribution in [0.4, 0.5) is 0 Å². The van der Waals surface area contributed by atoms with Gasteiger partial charge in [0.05, 0.1) is 5.56 Å². The number of carbonyl (C=O) groups is 1. The Bertz CT molecular complexity index is 253. The molecule has 0 aliphatic carbocycles. The first-order valence-corrected chi connectivity index (χ1v) is 3.46. The molecule has 58 valence electrons. The van der Waals surface area contributed by atoms with Crippen molar-refractivity contribution >= 4 is 5.97 Å². The predicted molar refractivity (Wildman–Crippen MR) is 39.3 cm³/mol. The van der Waals surface area contributed by atoms with E-state index in [9.17, 15) is 4.79 Å². The summed E-state index contributed by atoms with van der Waals surface area (Å²) >= 11 is 0. The van der Waals surface area contributed by atoms with Gasteiger partial charge < -0.3 is 5.11 Å². The van der Waals surface area contributed by atoms with Crippen LogP contribution >= 0.6 is 0 Å². The Morgan fingerprint density at radius 3 is 2.45 bits per heavy atom. The monoisotopic (exact) mass is 152 g/mol. The summed E-state index contributed by atoms with van der Waals surface area (Å²) in [5.74, 6) is -0.881. The third-order valence-corrected chi connectivity index (χ3v) is 1.50. The molecule has 0 spiro atoms. The zero-order valence-electron chi connectivity index (χ0n) is 6.32. The predicted octanol–water partition coefficient (Wildman–Crippen LogP) is 0.692. The van der Waals surface area contributed by atoms with E-state index in [2.05, 4.69) is 0 Å². The molecule has 0 unspecified atom stereocenters. The number of nitrogens with zero attached hydrogens (tertiary/aromatic N) is 1. The van der Waals surface area contributed by atoms with Crippen molar-refractivity contribution in [3.8, 4) is 0 Å². The molecule has 0 saturated heterocycles. The van der Waals surface area contributed by atoms with Gasteiger partial charge in [-0.2, -0.15) is 0 Å². The maximum absolute atomic E-state index is 10.4. The van der Waals surface area contributed by atoms with Crippen LogP contribution in [0.2, 0.25) is 0 Å². The number of aromatic carboxylic acids is 1. The SMILES string of the molecule is CC[n+]1ccc(C(=O)O)cc1. The van der Waals surface area contributed by atoms with Crippen molar-refractivity contribution in [3.05, 3.63) is 30.1 Å². The van der Waals surface area contributed by atoms with E-state index in [1.807, 2.05) is 11.5 Å².